The molecule has 0 saturated heterocycles. The molecule has 0 spiro atoms. The van der Waals surface area contributed by atoms with Crippen molar-refractivity contribution in [2.45, 2.75) is 25.7 Å². The highest BCUT2D eigenvalue weighted by molar-refractivity contribution is 5.99. The lowest BCUT2D eigenvalue weighted by Crippen LogP contribution is -2.10. The second kappa shape index (κ2) is 3.74. The van der Waals surface area contributed by atoms with Crippen LogP contribution >= 0.6 is 0 Å². The molecule has 3 nitrogen and oxygen atoms in total. The summed E-state index contributed by atoms with van der Waals surface area (Å²) in [6, 6.07) is 0. The second-order valence-corrected chi connectivity index (χ2v) is 4.27. The predicted molar refractivity (Wildman–Crippen MR) is 65.5 cm³/mol. The minimum absolute atomic E-state index is 1.00. The number of nitrogens with zero attached hydrogens (tertiary/aromatic N) is 3. The van der Waals surface area contributed by atoms with Gasteiger partial charge in [0.15, 0.2) is 5.82 Å². The van der Waals surface area contributed by atoms with Crippen molar-refractivity contribution in [3.8, 4) is 0 Å². The third-order valence-electron chi connectivity index (χ3n) is 3.18. The summed E-state index contributed by atoms with van der Waals surface area (Å²) in [4.78, 5) is 9.15. The van der Waals surface area contributed by atoms with E-state index in [0.717, 1.165) is 37.2 Å². The van der Waals surface area contributed by atoms with Crippen LogP contribution in [0.5, 0.6) is 0 Å². The first kappa shape index (κ1) is 9.58. The summed E-state index contributed by atoms with van der Waals surface area (Å²) in [5.74, 6) is 1.04. The van der Waals surface area contributed by atoms with E-state index in [1.54, 1.807) is 0 Å². The van der Waals surface area contributed by atoms with Crippen LogP contribution in [0.15, 0.2) is 23.3 Å². The Kier molecular flexibility index (Phi) is 2.24. The number of hydrogen-bond acceptors (Lipinski definition) is 2. The summed E-state index contributed by atoms with van der Waals surface area (Å²) >= 11 is 0. The number of imidazole rings is 1. The van der Waals surface area contributed by atoms with Crippen LogP contribution in [0.1, 0.15) is 36.5 Å². The summed E-state index contributed by atoms with van der Waals surface area (Å²) in [6.45, 7) is 0. The second-order valence-electron chi connectivity index (χ2n) is 4.27. The number of fused-ring (bicyclic) bond motifs is 1. The molecule has 0 atom stereocenters. The van der Waals surface area contributed by atoms with E-state index in [4.69, 9.17) is 4.98 Å². The van der Waals surface area contributed by atoms with Gasteiger partial charge < -0.3 is 4.57 Å². The highest BCUT2D eigenvalue weighted by Gasteiger charge is 2.18. The first-order chi connectivity index (χ1) is 7.86. The van der Waals surface area contributed by atoms with E-state index < -0.39 is 0 Å². The molecule has 0 aromatic carbocycles. The molecule has 0 saturated carbocycles. The molecule has 0 fully saturated rings. The molecule has 1 aliphatic heterocycles. The molecule has 1 aliphatic carbocycles. The van der Waals surface area contributed by atoms with Gasteiger partial charge in [-0.15, -0.1) is 0 Å². The average molecular weight is 213 g/mol. The molecule has 1 aromatic heterocycles. The van der Waals surface area contributed by atoms with E-state index >= 15 is 0 Å². The van der Waals surface area contributed by atoms with Crippen molar-refractivity contribution in [2.75, 3.05) is 0 Å². The van der Waals surface area contributed by atoms with Gasteiger partial charge in [0.05, 0.1) is 17.1 Å². The van der Waals surface area contributed by atoms with Gasteiger partial charge in [0, 0.05) is 13.2 Å². The molecule has 0 radical (unpaired) electrons. The Hall–Kier alpha value is -1.64. The lowest BCUT2D eigenvalue weighted by molar-refractivity contribution is 0.867. The lowest BCUT2D eigenvalue weighted by atomic mass is 10.1. The maximum atomic E-state index is 4.72. The summed E-state index contributed by atoms with van der Waals surface area (Å²) in [6.07, 6.45) is 12.6. The Morgan fingerprint density at radius 3 is 2.81 bits per heavy atom. The van der Waals surface area contributed by atoms with Gasteiger partial charge in [-0.05, 0) is 31.8 Å². The van der Waals surface area contributed by atoms with Crippen molar-refractivity contribution in [1.29, 1.82) is 0 Å². The Morgan fingerprint density at radius 2 is 2.06 bits per heavy atom. The molecule has 0 amide bonds. The Bertz CT molecular complexity index is 503. The topological polar surface area (TPSA) is 30.2 Å². The molecule has 2 heterocycles. The standard InChI is InChI=1S/C13H15N3/c1-16-12-8-3-2-6-10(12)15-13(16)11-7-4-5-9-14-11/h3,5,8-9H,2,4,6-7H2,1H3. The average Bonchev–Trinajstić information content (AvgIpc) is 2.69. The fourth-order valence-corrected chi connectivity index (χ4v) is 2.30. The number of hydrogen-bond donors (Lipinski definition) is 0. The minimum Gasteiger partial charge on any atom is -0.326 e. The smallest absolute Gasteiger partial charge is 0.154 e. The SMILES string of the molecule is Cn1c(C2=NC=CCC2)nc2c1C=CCC2. The fraction of sp³-hybridized carbons (Fsp3) is 0.385. The van der Waals surface area contributed by atoms with Gasteiger partial charge in [-0.3, -0.25) is 4.99 Å². The zero-order valence-corrected chi connectivity index (χ0v) is 9.48. The number of aliphatic imine (C=N–C) groups is 1. The van der Waals surface area contributed by atoms with Gasteiger partial charge in [-0.25, -0.2) is 4.98 Å². The van der Waals surface area contributed by atoms with Gasteiger partial charge in [-0.1, -0.05) is 12.2 Å². The largest absolute Gasteiger partial charge is 0.326 e. The zero-order valence-electron chi connectivity index (χ0n) is 9.48. The highest BCUT2D eigenvalue weighted by Crippen LogP contribution is 2.21. The maximum Gasteiger partial charge on any atom is 0.154 e. The summed E-state index contributed by atoms with van der Waals surface area (Å²) in [5.41, 5.74) is 3.59. The van der Waals surface area contributed by atoms with Crippen LogP contribution in [0.2, 0.25) is 0 Å². The molecule has 0 N–H and O–H groups in total. The van der Waals surface area contributed by atoms with Crippen molar-refractivity contribution in [3.63, 3.8) is 0 Å². The summed E-state index contributed by atoms with van der Waals surface area (Å²) in [5, 5.41) is 0. The predicted octanol–water partition coefficient (Wildman–Crippen LogP) is 2.48. The first-order valence-electron chi connectivity index (χ1n) is 5.80. The van der Waals surface area contributed by atoms with Gasteiger partial charge in [0.2, 0.25) is 0 Å². The van der Waals surface area contributed by atoms with Crippen molar-refractivity contribution in [1.82, 2.24) is 9.55 Å². The van der Waals surface area contributed by atoms with Crippen LogP contribution in [-0.4, -0.2) is 15.3 Å². The van der Waals surface area contributed by atoms with Crippen LogP contribution in [0.3, 0.4) is 0 Å². The minimum atomic E-state index is 1.00. The Labute approximate surface area is 95.2 Å². The van der Waals surface area contributed by atoms with Crippen LogP contribution in [-0.2, 0) is 13.5 Å². The molecule has 2 aliphatic rings. The third-order valence-corrected chi connectivity index (χ3v) is 3.18. The van der Waals surface area contributed by atoms with E-state index in [2.05, 4.69) is 34.8 Å². The van der Waals surface area contributed by atoms with E-state index in [0.29, 0.717) is 0 Å². The fourth-order valence-electron chi connectivity index (χ4n) is 2.30. The van der Waals surface area contributed by atoms with E-state index in [9.17, 15) is 0 Å². The lowest BCUT2D eigenvalue weighted by Gasteiger charge is -2.08. The third kappa shape index (κ3) is 1.43. The van der Waals surface area contributed by atoms with E-state index in [1.807, 2.05) is 6.20 Å². The Morgan fingerprint density at radius 1 is 1.19 bits per heavy atom. The highest BCUT2D eigenvalue weighted by atomic mass is 15.1. The number of aromatic nitrogens is 2. The molecule has 3 heteroatoms. The van der Waals surface area contributed by atoms with Gasteiger partial charge in [0.1, 0.15) is 0 Å². The summed E-state index contributed by atoms with van der Waals surface area (Å²) < 4.78 is 2.17. The van der Waals surface area contributed by atoms with Crippen molar-refractivity contribution in [2.24, 2.45) is 12.0 Å². The van der Waals surface area contributed by atoms with E-state index in [1.165, 1.54) is 11.4 Å². The quantitative estimate of drug-likeness (QED) is 0.704. The van der Waals surface area contributed by atoms with Crippen LogP contribution < -0.4 is 0 Å². The van der Waals surface area contributed by atoms with Crippen LogP contribution in [0.25, 0.3) is 6.08 Å². The maximum absolute atomic E-state index is 4.72. The van der Waals surface area contributed by atoms with Crippen molar-refractivity contribution < 1.29 is 0 Å². The van der Waals surface area contributed by atoms with E-state index in [-0.39, 0.29) is 0 Å². The van der Waals surface area contributed by atoms with Crippen molar-refractivity contribution >= 4 is 11.8 Å². The van der Waals surface area contributed by atoms with Crippen molar-refractivity contribution in [3.05, 3.63) is 35.6 Å². The molecular formula is C13H15N3. The molecule has 82 valence electrons. The Balaban J connectivity index is 2.08. The normalized spacial score (nSPS) is 18.4. The molecule has 3 rings (SSSR count). The number of aryl methyl sites for hydroxylation is 1. The zero-order chi connectivity index (χ0) is 11.0. The number of rotatable bonds is 1. The molecule has 0 unspecified atom stereocenters. The van der Waals surface area contributed by atoms with Gasteiger partial charge >= 0.3 is 0 Å². The molecule has 16 heavy (non-hydrogen) atoms. The molecule has 0 bridgehead atoms. The van der Waals surface area contributed by atoms with Crippen LogP contribution in [0, 0.1) is 0 Å². The summed E-state index contributed by atoms with van der Waals surface area (Å²) in [7, 11) is 2.08. The monoisotopic (exact) mass is 213 g/mol. The molecular weight excluding hydrogens is 198 g/mol. The number of allylic oxidation sites excluding steroid dienone is 2. The van der Waals surface area contributed by atoms with Crippen LogP contribution in [0.4, 0.5) is 0 Å². The first-order valence-corrected chi connectivity index (χ1v) is 5.80. The molecule has 1 aromatic rings. The van der Waals surface area contributed by atoms with Gasteiger partial charge in [0.25, 0.3) is 0 Å². The van der Waals surface area contributed by atoms with Gasteiger partial charge in [-0.2, -0.15) is 0 Å².